The van der Waals surface area contributed by atoms with Crippen LogP contribution in [0.15, 0.2) is 45.1 Å². The molecule has 0 saturated carbocycles. The zero-order valence-electron chi connectivity index (χ0n) is 15.1. The van der Waals surface area contributed by atoms with Gasteiger partial charge in [-0.2, -0.15) is 4.31 Å². The molecular formula is C17H18BrNO6S2. The first-order chi connectivity index (χ1) is 12.5. The monoisotopic (exact) mass is 475 g/mol. The minimum absolute atomic E-state index is 0.0287. The number of anilines is 1. The van der Waals surface area contributed by atoms with Crippen molar-refractivity contribution in [2.24, 2.45) is 0 Å². The molecule has 1 aromatic carbocycles. The summed E-state index contributed by atoms with van der Waals surface area (Å²) >= 11 is 4.15. The number of hydrogen-bond donors (Lipinski definition) is 0. The number of ether oxygens (including phenoxy) is 2. The highest BCUT2D eigenvalue weighted by molar-refractivity contribution is 9.10. The molecule has 1 amide bonds. The van der Waals surface area contributed by atoms with Crippen molar-refractivity contribution in [2.75, 3.05) is 11.4 Å². The predicted molar refractivity (Wildman–Crippen MR) is 106 cm³/mol. The smallest absolute Gasteiger partial charge is 0.429 e. The van der Waals surface area contributed by atoms with Gasteiger partial charge in [0.15, 0.2) is 0 Å². The summed E-state index contributed by atoms with van der Waals surface area (Å²) in [6, 6.07) is 7.41. The van der Waals surface area contributed by atoms with Crippen LogP contribution in [0.2, 0.25) is 0 Å². The van der Waals surface area contributed by atoms with Gasteiger partial charge in [0.1, 0.15) is 15.4 Å². The lowest BCUT2D eigenvalue weighted by molar-refractivity contribution is 0.0605. The zero-order valence-corrected chi connectivity index (χ0v) is 18.3. The number of thiophene rings is 1. The molecule has 10 heteroatoms. The van der Waals surface area contributed by atoms with Gasteiger partial charge in [-0.15, -0.1) is 11.3 Å². The Morgan fingerprint density at radius 2 is 1.78 bits per heavy atom. The number of amides is 1. The fraction of sp³-hybridized carbons (Fsp3) is 0.294. The van der Waals surface area contributed by atoms with Crippen LogP contribution in [-0.2, 0) is 19.5 Å². The van der Waals surface area contributed by atoms with Gasteiger partial charge in [0, 0.05) is 4.47 Å². The minimum Gasteiger partial charge on any atom is -0.465 e. The molecule has 1 heterocycles. The van der Waals surface area contributed by atoms with E-state index >= 15 is 0 Å². The van der Waals surface area contributed by atoms with Gasteiger partial charge < -0.3 is 9.47 Å². The Balaban J connectivity index is 2.69. The lowest BCUT2D eigenvalue weighted by Gasteiger charge is -2.27. The minimum atomic E-state index is -4.38. The Morgan fingerprint density at radius 3 is 2.33 bits per heavy atom. The van der Waals surface area contributed by atoms with E-state index in [0.717, 1.165) is 11.3 Å². The van der Waals surface area contributed by atoms with E-state index in [9.17, 15) is 18.0 Å². The number of carbonyl (C=O) groups is 2. The maximum Gasteiger partial charge on any atom is 0.429 e. The second-order valence-electron chi connectivity index (χ2n) is 6.31. The van der Waals surface area contributed by atoms with Gasteiger partial charge in [0.2, 0.25) is 0 Å². The lowest BCUT2D eigenvalue weighted by Crippen LogP contribution is -2.41. The predicted octanol–water partition coefficient (Wildman–Crippen LogP) is 4.43. The molecule has 0 atom stereocenters. The number of carbonyl (C=O) groups excluding carboxylic acids is 2. The lowest BCUT2D eigenvalue weighted by atomic mass is 10.2. The maximum absolute atomic E-state index is 13.3. The molecule has 0 saturated heterocycles. The molecule has 0 aliphatic rings. The van der Waals surface area contributed by atoms with Crippen molar-refractivity contribution in [3.63, 3.8) is 0 Å². The Hall–Kier alpha value is -1.91. The molecule has 0 bridgehead atoms. The number of halogens is 1. The highest BCUT2D eigenvalue weighted by atomic mass is 79.9. The van der Waals surface area contributed by atoms with Gasteiger partial charge in [-0.25, -0.2) is 18.0 Å². The molecule has 0 spiro atoms. The third kappa shape index (κ3) is 4.69. The number of nitrogens with zero attached hydrogens (tertiary/aromatic N) is 1. The summed E-state index contributed by atoms with van der Waals surface area (Å²) in [6.45, 7) is 4.84. The van der Waals surface area contributed by atoms with Crippen molar-refractivity contribution < 1.29 is 27.5 Å². The van der Waals surface area contributed by atoms with Gasteiger partial charge in [-0.1, -0.05) is 12.1 Å². The summed E-state index contributed by atoms with van der Waals surface area (Å²) < 4.78 is 37.3. The van der Waals surface area contributed by atoms with Crippen LogP contribution in [0.5, 0.6) is 0 Å². The van der Waals surface area contributed by atoms with Crippen LogP contribution in [0.4, 0.5) is 10.5 Å². The maximum atomic E-state index is 13.3. The molecule has 1 aromatic heterocycles. The first-order valence-electron chi connectivity index (χ1n) is 7.67. The van der Waals surface area contributed by atoms with Crippen LogP contribution >= 0.6 is 27.3 Å². The number of benzene rings is 1. The summed E-state index contributed by atoms with van der Waals surface area (Å²) in [4.78, 5) is 24.7. The number of hydrogen-bond acceptors (Lipinski definition) is 7. The first-order valence-corrected chi connectivity index (χ1v) is 10.8. The molecule has 0 radical (unpaired) electrons. The Kier molecular flexibility index (Phi) is 6.33. The fourth-order valence-corrected chi connectivity index (χ4v) is 5.24. The molecule has 0 aliphatic carbocycles. The normalized spacial score (nSPS) is 11.7. The average molecular weight is 476 g/mol. The molecule has 2 rings (SSSR count). The second-order valence-corrected chi connectivity index (χ2v) is 9.83. The summed E-state index contributed by atoms with van der Waals surface area (Å²) in [5, 5.41) is 1.49. The van der Waals surface area contributed by atoms with E-state index in [2.05, 4.69) is 15.9 Å². The van der Waals surface area contributed by atoms with Gasteiger partial charge in [0.25, 0.3) is 10.0 Å². The van der Waals surface area contributed by atoms with Crippen molar-refractivity contribution >= 4 is 55.0 Å². The number of methoxy groups -OCH3 is 1. The van der Waals surface area contributed by atoms with Crippen molar-refractivity contribution in [3.8, 4) is 0 Å². The topological polar surface area (TPSA) is 90.0 Å². The van der Waals surface area contributed by atoms with Crippen molar-refractivity contribution in [2.45, 2.75) is 31.3 Å². The van der Waals surface area contributed by atoms with Crippen molar-refractivity contribution in [1.29, 1.82) is 0 Å². The number of esters is 1. The molecule has 0 N–H and O–H groups in total. The summed E-state index contributed by atoms with van der Waals surface area (Å²) in [6.07, 6.45) is -1.12. The SMILES string of the molecule is COC(=O)c1sccc1N(C(=O)OC(C)(C)C)S(=O)(=O)c1ccccc1Br. The molecule has 27 heavy (non-hydrogen) atoms. The second kappa shape index (κ2) is 7.99. The molecule has 7 nitrogen and oxygen atoms in total. The van der Waals surface area contributed by atoms with Crippen molar-refractivity contribution in [3.05, 3.63) is 45.1 Å². The molecular weight excluding hydrogens is 458 g/mol. The van der Waals surface area contributed by atoms with Crippen LogP contribution in [0.25, 0.3) is 0 Å². The molecule has 0 fully saturated rings. The molecule has 0 aliphatic heterocycles. The van der Waals surface area contributed by atoms with Crippen LogP contribution in [-0.4, -0.2) is 33.2 Å². The molecule has 146 valence electrons. The quantitative estimate of drug-likeness (QED) is 0.607. The average Bonchev–Trinajstić information content (AvgIpc) is 3.01. The summed E-state index contributed by atoms with van der Waals surface area (Å²) in [7, 11) is -3.21. The van der Waals surface area contributed by atoms with E-state index in [1.807, 2.05) is 0 Å². The van der Waals surface area contributed by atoms with Gasteiger partial charge >= 0.3 is 12.1 Å². The largest absolute Gasteiger partial charge is 0.465 e. The number of sulfonamides is 1. The Labute approximate surface area is 170 Å². The van der Waals surface area contributed by atoms with E-state index in [0.29, 0.717) is 4.31 Å². The third-order valence-electron chi connectivity index (χ3n) is 3.15. The number of rotatable bonds is 4. The van der Waals surface area contributed by atoms with E-state index in [1.165, 1.54) is 36.8 Å². The van der Waals surface area contributed by atoms with Crippen LogP contribution < -0.4 is 4.31 Å². The van der Waals surface area contributed by atoms with Crippen molar-refractivity contribution in [1.82, 2.24) is 0 Å². The first kappa shape index (κ1) is 21.4. The van der Waals surface area contributed by atoms with Gasteiger partial charge in [0.05, 0.1) is 12.8 Å². The van der Waals surface area contributed by atoms with E-state index < -0.39 is 27.7 Å². The fourth-order valence-electron chi connectivity index (χ4n) is 2.09. The Bertz CT molecular complexity index is 962. The highest BCUT2D eigenvalue weighted by Gasteiger charge is 2.38. The van der Waals surface area contributed by atoms with Crippen LogP contribution in [0.1, 0.15) is 30.4 Å². The van der Waals surface area contributed by atoms with Gasteiger partial charge in [-0.3, -0.25) is 0 Å². The molecule has 2 aromatic rings. The van der Waals surface area contributed by atoms with E-state index in [1.54, 1.807) is 26.8 Å². The van der Waals surface area contributed by atoms with E-state index in [4.69, 9.17) is 9.47 Å². The van der Waals surface area contributed by atoms with Crippen LogP contribution in [0, 0.1) is 0 Å². The summed E-state index contributed by atoms with van der Waals surface area (Å²) in [5.41, 5.74) is -1.07. The molecule has 0 unspecified atom stereocenters. The van der Waals surface area contributed by atoms with Crippen LogP contribution in [0.3, 0.4) is 0 Å². The van der Waals surface area contributed by atoms with Gasteiger partial charge in [-0.05, 0) is 60.3 Å². The van der Waals surface area contributed by atoms with E-state index in [-0.39, 0.29) is 19.9 Å². The summed E-state index contributed by atoms with van der Waals surface area (Å²) in [5.74, 6) is -0.754. The third-order valence-corrected chi connectivity index (χ3v) is 6.72. The zero-order chi connectivity index (χ0) is 20.4. The Morgan fingerprint density at radius 1 is 1.15 bits per heavy atom. The standard InChI is InChI=1S/C17H18BrNO6S2/c1-17(2,3)25-16(21)19(12-9-10-26-14(12)15(20)24-4)27(22,23)13-8-6-5-7-11(13)18/h5-10H,1-4H3. The highest BCUT2D eigenvalue weighted by Crippen LogP contribution is 2.35.